The Labute approximate surface area is 142 Å². The average molecular weight is 334 g/mol. The molecule has 132 valence electrons. The summed E-state index contributed by atoms with van der Waals surface area (Å²) in [5, 5.41) is 0.550. The second kappa shape index (κ2) is 9.45. The predicted octanol–water partition coefficient (Wildman–Crippen LogP) is 5.62. The van der Waals surface area contributed by atoms with Crippen LogP contribution in [-0.2, 0) is 6.42 Å². The van der Waals surface area contributed by atoms with Crippen LogP contribution in [0.5, 0.6) is 5.75 Å². The van der Waals surface area contributed by atoms with E-state index in [0.717, 1.165) is 19.3 Å². The molecule has 24 heavy (non-hydrogen) atoms. The highest BCUT2D eigenvalue weighted by atomic mass is 19.1. The first-order valence-corrected chi connectivity index (χ1v) is 9.05. The van der Waals surface area contributed by atoms with Gasteiger partial charge in [0.1, 0.15) is 11.1 Å². The zero-order chi connectivity index (χ0) is 17.4. The average Bonchev–Trinajstić information content (AvgIpc) is 2.56. The number of unbranched alkanes of at least 4 members (excludes halogenated alkanes) is 5. The molecule has 0 saturated carbocycles. The number of benzene rings is 1. The van der Waals surface area contributed by atoms with Crippen molar-refractivity contribution in [3.63, 3.8) is 0 Å². The first-order valence-electron chi connectivity index (χ1n) is 9.05. The molecule has 1 aromatic carbocycles. The SMILES string of the molecule is CCCCCCCCOc1ccc2cc(CCC)oc(=O)c2c1F. The molecule has 3 nitrogen and oxygen atoms in total. The lowest BCUT2D eigenvalue weighted by Crippen LogP contribution is -2.07. The molecular formula is C20H27FO3. The molecule has 0 aliphatic heterocycles. The Balaban J connectivity index is 2.02. The Morgan fingerprint density at radius 2 is 1.79 bits per heavy atom. The van der Waals surface area contributed by atoms with Crippen molar-refractivity contribution in [3.8, 4) is 5.75 Å². The van der Waals surface area contributed by atoms with E-state index in [2.05, 4.69) is 6.92 Å². The first-order chi connectivity index (χ1) is 11.7. The minimum Gasteiger partial charge on any atom is -0.490 e. The zero-order valence-electron chi connectivity index (χ0n) is 14.7. The summed E-state index contributed by atoms with van der Waals surface area (Å²) in [7, 11) is 0. The topological polar surface area (TPSA) is 39.4 Å². The van der Waals surface area contributed by atoms with Crippen molar-refractivity contribution in [3.05, 3.63) is 40.2 Å². The van der Waals surface area contributed by atoms with Crippen LogP contribution in [0, 0.1) is 5.82 Å². The molecule has 2 aromatic rings. The number of rotatable bonds is 10. The molecule has 0 spiro atoms. The van der Waals surface area contributed by atoms with Crippen molar-refractivity contribution in [1.82, 2.24) is 0 Å². The third-order valence-electron chi connectivity index (χ3n) is 4.14. The molecule has 0 radical (unpaired) electrons. The molecule has 4 heteroatoms. The van der Waals surface area contributed by atoms with Crippen LogP contribution in [-0.4, -0.2) is 6.61 Å². The monoisotopic (exact) mass is 334 g/mol. The van der Waals surface area contributed by atoms with Gasteiger partial charge in [-0.05, 0) is 30.4 Å². The van der Waals surface area contributed by atoms with Gasteiger partial charge in [0.2, 0.25) is 0 Å². The van der Waals surface area contributed by atoms with Crippen LogP contribution in [0.2, 0.25) is 0 Å². The third-order valence-corrected chi connectivity index (χ3v) is 4.14. The Morgan fingerprint density at radius 3 is 2.54 bits per heavy atom. The van der Waals surface area contributed by atoms with Gasteiger partial charge < -0.3 is 9.15 Å². The Hall–Kier alpha value is -1.84. The maximum atomic E-state index is 14.5. The molecule has 0 N–H and O–H groups in total. The fourth-order valence-corrected chi connectivity index (χ4v) is 2.82. The lowest BCUT2D eigenvalue weighted by Gasteiger charge is -2.09. The smallest absolute Gasteiger partial charge is 0.346 e. The van der Waals surface area contributed by atoms with Crippen LogP contribution in [0.1, 0.15) is 64.6 Å². The van der Waals surface area contributed by atoms with E-state index >= 15 is 0 Å². The van der Waals surface area contributed by atoms with Gasteiger partial charge in [-0.1, -0.05) is 52.0 Å². The standard InChI is InChI=1S/C20H27FO3/c1-3-5-6-7-8-9-13-23-17-12-11-15-14-16(10-4-2)24-20(22)18(15)19(17)21/h11-12,14H,3-10,13H2,1-2H3. The summed E-state index contributed by atoms with van der Waals surface area (Å²) in [5.41, 5.74) is -0.626. The lowest BCUT2D eigenvalue weighted by molar-refractivity contribution is 0.291. The number of hydrogen-bond donors (Lipinski definition) is 0. The number of hydrogen-bond acceptors (Lipinski definition) is 3. The minimum absolute atomic E-state index is 0.0182. The molecule has 0 saturated heterocycles. The Morgan fingerprint density at radius 1 is 1.04 bits per heavy atom. The summed E-state index contributed by atoms with van der Waals surface area (Å²) in [6, 6.07) is 5.07. The van der Waals surface area contributed by atoms with E-state index in [9.17, 15) is 9.18 Å². The highest BCUT2D eigenvalue weighted by Gasteiger charge is 2.14. The highest BCUT2D eigenvalue weighted by molar-refractivity contribution is 5.83. The molecule has 0 fully saturated rings. The third kappa shape index (κ3) is 4.83. The van der Waals surface area contributed by atoms with Gasteiger partial charge in [-0.3, -0.25) is 0 Å². The molecular weight excluding hydrogens is 307 g/mol. The number of ether oxygens (including phenoxy) is 1. The fourth-order valence-electron chi connectivity index (χ4n) is 2.82. The fraction of sp³-hybridized carbons (Fsp3) is 0.550. The van der Waals surface area contributed by atoms with Gasteiger partial charge in [-0.2, -0.15) is 0 Å². The summed E-state index contributed by atoms with van der Waals surface area (Å²) in [6.07, 6.45) is 8.42. The van der Waals surface area contributed by atoms with Crippen LogP contribution in [0.25, 0.3) is 10.8 Å². The van der Waals surface area contributed by atoms with Gasteiger partial charge >= 0.3 is 5.63 Å². The van der Waals surface area contributed by atoms with Gasteiger partial charge in [0.25, 0.3) is 0 Å². The maximum absolute atomic E-state index is 14.5. The van der Waals surface area contributed by atoms with E-state index in [1.165, 1.54) is 25.7 Å². The number of halogens is 1. The normalized spacial score (nSPS) is 11.1. The van der Waals surface area contributed by atoms with Crippen LogP contribution in [0.3, 0.4) is 0 Å². The predicted molar refractivity (Wildman–Crippen MR) is 95.3 cm³/mol. The summed E-state index contributed by atoms with van der Waals surface area (Å²) < 4.78 is 25.3. The summed E-state index contributed by atoms with van der Waals surface area (Å²) >= 11 is 0. The van der Waals surface area contributed by atoms with Gasteiger partial charge in [0.15, 0.2) is 11.6 Å². The number of fused-ring (bicyclic) bond motifs is 1. The molecule has 0 bridgehead atoms. The van der Waals surface area contributed by atoms with Gasteiger partial charge in [0, 0.05) is 6.42 Å². The molecule has 0 amide bonds. The summed E-state index contributed by atoms with van der Waals surface area (Å²) in [4.78, 5) is 12.1. The van der Waals surface area contributed by atoms with E-state index < -0.39 is 11.4 Å². The van der Waals surface area contributed by atoms with E-state index in [1.807, 2.05) is 6.92 Å². The van der Waals surface area contributed by atoms with Crippen molar-refractivity contribution >= 4 is 10.8 Å². The Kier molecular flexibility index (Phi) is 7.29. The van der Waals surface area contributed by atoms with Crippen molar-refractivity contribution in [2.24, 2.45) is 0 Å². The van der Waals surface area contributed by atoms with Crippen molar-refractivity contribution < 1.29 is 13.5 Å². The zero-order valence-corrected chi connectivity index (χ0v) is 14.7. The maximum Gasteiger partial charge on any atom is 0.346 e. The van der Waals surface area contributed by atoms with Gasteiger partial charge in [-0.15, -0.1) is 0 Å². The van der Waals surface area contributed by atoms with Gasteiger partial charge in [-0.25, -0.2) is 9.18 Å². The van der Waals surface area contributed by atoms with E-state index in [0.29, 0.717) is 24.2 Å². The molecule has 0 unspecified atom stereocenters. The minimum atomic E-state index is -0.626. The van der Waals surface area contributed by atoms with Crippen molar-refractivity contribution in [2.75, 3.05) is 6.61 Å². The van der Waals surface area contributed by atoms with Crippen LogP contribution in [0.15, 0.2) is 27.4 Å². The van der Waals surface area contributed by atoms with Crippen molar-refractivity contribution in [1.29, 1.82) is 0 Å². The van der Waals surface area contributed by atoms with Crippen LogP contribution < -0.4 is 10.4 Å². The summed E-state index contributed by atoms with van der Waals surface area (Å²) in [5.74, 6) is 0.108. The second-order valence-corrected chi connectivity index (χ2v) is 6.21. The van der Waals surface area contributed by atoms with E-state index in [-0.39, 0.29) is 11.1 Å². The molecule has 1 aromatic heterocycles. The van der Waals surface area contributed by atoms with Gasteiger partial charge in [0.05, 0.1) is 6.61 Å². The summed E-state index contributed by atoms with van der Waals surface area (Å²) in [6.45, 7) is 4.66. The number of aryl methyl sites for hydroxylation is 1. The lowest BCUT2D eigenvalue weighted by atomic mass is 10.1. The largest absolute Gasteiger partial charge is 0.490 e. The van der Waals surface area contributed by atoms with E-state index in [4.69, 9.17) is 9.15 Å². The van der Waals surface area contributed by atoms with E-state index in [1.54, 1.807) is 18.2 Å². The highest BCUT2D eigenvalue weighted by Crippen LogP contribution is 2.25. The molecule has 0 aliphatic rings. The first kappa shape index (κ1) is 18.5. The molecule has 0 aliphatic carbocycles. The van der Waals surface area contributed by atoms with Crippen molar-refractivity contribution in [2.45, 2.75) is 65.2 Å². The Bertz CT molecular complexity index is 706. The molecule has 0 atom stereocenters. The van der Waals surface area contributed by atoms with Crippen LogP contribution in [0.4, 0.5) is 4.39 Å². The molecule has 1 heterocycles. The molecule has 2 rings (SSSR count). The van der Waals surface area contributed by atoms with Crippen LogP contribution >= 0.6 is 0 Å². The quantitative estimate of drug-likeness (QED) is 0.529. The second-order valence-electron chi connectivity index (χ2n) is 6.21.